The third-order valence-corrected chi connectivity index (χ3v) is 3.77. The lowest BCUT2D eigenvalue weighted by Gasteiger charge is -2.14. The fourth-order valence-electron chi connectivity index (χ4n) is 2.36. The summed E-state index contributed by atoms with van der Waals surface area (Å²) < 4.78 is 0. The molecule has 1 amide bonds. The summed E-state index contributed by atoms with van der Waals surface area (Å²) >= 11 is 0. The Morgan fingerprint density at radius 1 is 1.04 bits per heavy atom. The lowest BCUT2D eigenvalue weighted by atomic mass is 10.1. The smallest absolute Gasteiger partial charge is 0.224 e. The maximum absolute atomic E-state index is 11.8. The molecule has 0 aromatic heterocycles. The third kappa shape index (κ3) is 4.83. The van der Waals surface area contributed by atoms with Crippen molar-refractivity contribution in [2.75, 3.05) is 10.6 Å². The predicted octanol–water partition coefficient (Wildman–Crippen LogP) is 3.84. The molecule has 0 saturated heterocycles. The van der Waals surface area contributed by atoms with Crippen LogP contribution in [0.3, 0.4) is 0 Å². The van der Waals surface area contributed by atoms with Crippen LogP contribution in [0.15, 0.2) is 42.5 Å². The van der Waals surface area contributed by atoms with E-state index in [1.807, 2.05) is 56.3 Å². The summed E-state index contributed by atoms with van der Waals surface area (Å²) in [6, 6.07) is 13.7. The lowest BCUT2D eigenvalue weighted by Crippen LogP contribution is -2.12. The standard InChI is InChI=1S/C19H24N2O2/c1-3-5-19(23)21-18-7-4-6-17(14(18)2)20-12-15-8-10-16(13-22)11-9-15/h4,6-11,20,22H,3,5,12-13H2,1-2H3,(H,21,23). The molecule has 23 heavy (non-hydrogen) atoms. The number of benzene rings is 2. The van der Waals surface area contributed by atoms with Gasteiger partial charge in [-0.2, -0.15) is 0 Å². The number of aliphatic hydroxyl groups is 1. The van der Waals surface area contributed by atoms with E-state index in [0.717, 1.165) is 34.5 Å². The second kappa shape index (κ2) is 8.34. The van der Waals surface area contributed by atoms with Gasteiger partial charge in [0.15, 0.2) is 0 Å². The first-order valence-corrected chi connectivity index (χ1v) is 7.96. The molecule has 3 N–H and O–H groups in total. The molecule has 4 heteroatoms. The quantitative estimate of drug-likeness (QED) is 0.728. The van der Waals surface area contributed by atoms with Crippen molar-refractivity contribution in [3.05, 3.63) is 59.2 Å². The van der Waals surface area contributed by atoms with Crippen LogP contribution in [0.5, 0.6) is 0 Å². The van der Waals surface area contributed by atoms with E-state index in [1.165, 1.54) is 0 Å². The highest BCUT2D eigenvalue weighted by molar-refractivity contribution is 5.92. The fraction of sp³-hybridized carbons (Fsp3) is 0.316. The Hall–Kier alpha value is -2.33. The number of hydrogen-bond donors (Lipinski definition) is 3. The molecule has 0 bridgehead atoms. The van der Waals surface area contributed by atoms with E-state index in [1.54, 1.807) is 0 Å². The van der Waals surface area contributed by atoms with E-state index in [9.17, 15) is 4.79 Å². The molecule has 0 spiro atoms. The van der Waals surface area contributed by atoms with Crippen molar-refractivity contribution < 1.29 is 9.90 Å². The highest BCUT2D eigenvalue weighted by Gasteiger charge is 2.07. The number of carbonyl (C=O) groups excluding carboxylic acids is 1. The molecule has 2 aromatic rings. The van der Waals surface area contributed by atoms with Gasteiger partial charge < -0.3 is 15.7 Å². The van der Waals surface area contributed by atoms with Gasteiger partial charge in [0.25, 0.3) is 0 Å². The summed E-state index contributed by atoms with van der Waals surface area (Å²) in [5.41, 5.74) is 4.94. The Kier molecular flexibility index (Phi) is 6.18. The van der Waals surface area contributed by atoms with Crippen molar-refractivity contribution in [3.8, 4) is 0 Å². The first-order chi connectivity index (χ1) is 11.1. The van der Waals surface area contributed by atoms with Crippen LogP contribution in [0.1, 0.15) is 36.5 Å². The summed E-state index contributed by atoms with van der Waals surface area (Å²) in [5.74, 6) is 0.0485. The molecule has 2 aromatic carbocycles. The van der Waals surface area contributed by atoms with Crippen LogP contribution in [0.2, 0.25) is 0 Å². The first-order valence-electron chi connectivity index (χ1n) is 7.96. The van der Waals surface area contributed by atoms with Gasteiger partial charge in [-0.25, -0.2) is 0 Å². The van der Waals surface area contributed by atoms with Crippen LogP contribution in [0.4, 0.5) is 11.4 Å². The number of aliphatic hydroxyl groups excluding tert-OH is 1. The van der Waals surface area contributed by atoms with Gasteiger partial charge in [-0.05, 0) is 42.2 Å². The summed E-state index contributed by atoms with van der Waals surface area (Å²) in [4.78, 5) is 11.8. The fourth-order valence-corrected chi connectivity index (χ4v) is 2.36. The molecule has 0 atom stereocenters. The molecule has 0 aliphatic carbocycles. The maximum Gasteiger partial charge on any atom is 0.224 e. The Morgan fingerprint density at radius 2 is 1.70 bits per heavy atom. The highest BCUT2D eigenvalue weighted by atomic mass is 16.3. The Bertz CT molecular complexity index is 651. The summed E-state index contributed by atoms with van der Waals surface area (Å²) in [7, 11) is 0. The number of rotatable bonds is 7. The van der Waals surface area contributed by atoms with E-state index in [0.29, 0.717) is 13.0 Å². The number of anilines is 2. The molecule has 122 valence electrons. The van der Waals surface area contributed by atoms with Crippen LogP contribution >= 0.6 is 0 Å². The molecule has 0 aliphatic heterocycles. The molecule has 0 radical (unpaired) electrons. The number of nitrogens with one attached hydrogen (secondary N) is 2. The van der Waals surface area contributed by atoms with Crippen molar-refractivity contribution in [2.45, 2.75) is 39.8 Å². The van der Waals surface area contributed by atoms with Gasteiger partial charge in [-0.15, -0.1) is 0 Å². The Labute approximate surface area is 137 Å². The minimum Gasteiger partial charge on any atom is -0.392 e. The van der Waals surface area contributed by atoms with Crippen LogP contribution in [0.25, 0.3) is 0 Å². The number of hydrogen-bond acceptors (Lipinski definition) is 3. The van der Waals surface area contributed by atoms with Gasteiger partial charge in [0.2, 0.25) is 5.91 Å². The van der Waals surface area contributed by atoms with Crippen LogP contribution < -0.4 is 10.6 Å². The summed E-state index contributed by atoms with van der Waals surface area (Å²) in [5, 5.41) is 15.4. The van der Waals surface area contributed by atoms with Crippen LogP contribution in [-0.4, -0.2) is 11.0 Å². The summed E-state index contributed by atoms with van der Waals surface area (Å²) in [6.07, 6.45) is 1.38. The molecular weight excluding hydrogens is 288 g/mol. The predicted molar refractivity (Wildman–Crippen MR) is 94.4 cm³/mol. The molecule has 0 aliphatic rings. The van der Waals surface area contributed by atoms with E-state index in [4.69, 9.17) is 5.11 Å². The Balaban J connectivity index is 2.03. The molecule has 0 fully saturated rings. The zero-order valence-corrected chi connectivity index (χ0v) is 13.7. The first kappa shape index (κ1) is 17.0. The van der Waals surface area contributed by atoms with Gasteiger partial charge in [-0.3, -0.25) is 4.79 Å². The molecule has 0 saturated carbocycles. The minimum absolute atomic E-state index is 0.0485. The normalized spacial score (nSPS) is 10.4. The van der Waals surface area contributed by atoms with E-state index < -0.39 is 0 Å². The van der Waals surface area contributed by atoms with Crippen LogP contribution in [0, 0.1) is 6.92 Å². The second-order valence-corrected chi connectivity index (χ2v) is 5.60. The van der Waals surface area contributed by atoms with Crippen molar-refractivity contribution in [2.24, 2.45) is 0 Å². The van der Waals surface area contributed by atoms with Gasteiger partial charge in [0.05, 0.1) is 6.61 Å². The SMILES string of the molecule is CCCC(=O)Nc1cccc(NCc2ccc(CO)cc2)c1C. The Morgan fingerprint density at radius 3 is 2.35 bits per heavy atom. The van der Waals surface area contributed by atoms with Crippen molar-refractivity contribution in [1.82, 2.24) is 0 Å². The topological polar surface area (TPSA) is 61.4 Å². The zero-order valence-electron chi connectivity index (χ0n) is 13.7. The van der Waals surface area contributed by atoms with E-state index in [-0.39, 0.29) is 12.5 Å². The molecular formula is C19H24N2O2. The van der Waals surface area contributed by atoms with Crippen molar-refractivity contribution >= 4 is 17.3 Å². The molecule has 0 heterocycles. The van der Waals surface area contributed by atoms with Crippen molar-refractivity contribution in [1.29, 1.82) is 0 Å². The maximum atomic E-state index is 11.8. The van der Waals surface area contributed by atoms with E-state index >= 15 is 0 Å². The number of carbonyl (C=O) groups is 1. The average Bonchev–Trinajstić information content (AvgIpc) is 2.56. The minimum atomic E-state index is 0.0485. The average molecular weight is 312 g/mol. The van der Waals surface area contributed by atoms with Gasteiger partial charge in [0, 0.05) is 24.3 Å². The largest absolute Gasteiger partial charge is 0.392 e. The van der Waals surface area contributed by atoms with Gasteiger partial charge in [0.1, 0.15) is 0 Å². The molecule has 4 nitrogen and oxygen atoms in total. The van der Waals surface area contributed by atoms with Gasteiger partial charge >= 0.3 is 0 Å². The monoisotopic (exact) mass is 312 g/mol. The van der Waals surface area contributed by atoms with Crippen molar-refractivity contribution in [3.63, 3.8) is 0 Å². The van der Waals surface area contributed by atoms with E-state index in [2.05, 4.69) is 10.6 Å². The molecule has 0 unspecified atom stereocenters. The number of amides is 1. The summed E-state index contributed by atoms with van der Waals surface area (Å²) in [6.45, 7) is 4.75. The molecule has 2 rings (SSSR count). The highest BCUT2D eigenvalue weighted by Crippen LogP contribution is 2.24. The second-order valence-electron chi connectivity index (χ2n) is 5.60. The third-order valence-electron chi connectivity index (χ3n) is 3.77. The van der Waals surface area contributed by atoms with Gasteiger partial charge in [-0.1, -0.05) is 37.3 Å². The lowest BCUT2D eigenvalue weighted by molar-refractivity contribution is -0.116. The zero-order chi connectivity index (χ0) is 16.7. The van der Waals surface area contributed by atoms with Crippen LogP contribution in [-0.2, 0) is 17.9 Å².